The zero-order chi connectivity index (χ0) is 24.7. The summed E-state index contributed by atoms with van der Waals surface area (Å²) in [5, 5.41) is 9.71. The number of alkyl halides is 3. The lowest BCUT2D eigenvalue weighted by molar-refractivity contribution is -0.141. The van der Waals surface area contributed by atoms with E-state index in [4.69, 9.17) is 4.11 Å². The number of carbonyl (C=O) groups excluding carboxylic acids is 1. The van der Waals surface area contributed by atoms with Gasteiger partial charge >= 0.3 is 6.18 Å². The van der Waals surface area contributed by atoms with Crippen molar-refractivity contribution in [2.75, 3.05) is 22.6 Å². The number of halogens is 3. The minimum Gasteiger partial charge on any atom is -0.350 e. The van der Waals surface area contributed by atoms with Crippen LogP contribution in [0.1, 0.15) is 27.8 Å². The van der Waals surface area contributed by atoms with E-state index in [-0.39, 0.29) is 24.9 Å². The fourth-order valence-electron chi connectivity index (χ4n) is 2.95. The van der Waals surface area contributed by atoms with Gasteiger partial charge in [-0.05, 0) is 18.5 Å². The zero-order valence-corrected chi connectivity index (χ0v) is 16.2. The Bertz CT molecular complexity index is 1200. The van der Waals surface area contributed by atoms with Crippen molar-refractivity contribution in [3.05, 3.63) is 53.7 Å². The molecule has 1 aliphatic heterocycles. The molecule has 3 aromatic rings. The van der Waals surface area contributed by atoms with Crippen LogP contribution in [0.15, 0.2) is 36.9 Å². The molecule has 0 spiro atoms. The lowest BCUT2D eigenvalue weighted by atomic mass is 10.2. The van der Waals surface area contributed by atoms with Gasteiger partial charge in [-0.1, -0.05) is 6.07 Å². The predicted molar refractivity (Wildman–Crippen MR) is 106 cm³/mol. The third-order valence-corrected chi connectivity index (χ3v) is 4.59. The third kappa shape index (κ3) is 4.42. The highest BCUT2D eigenvalue weighted by atomic mass is 19.4. The van der Waals surface area contributed by atoms with E-state index in [1.54, 1.807) is 17.1 Å². The first-order valence-corrected chi connectivity index (χ1v) is 9.10. The van der Waals surface area contributed by atoms with Crippen molar-refractivity contribution < 1.29 is 22.1 Å². The Morgan fingerprint density at radius 3 is 2.77 bits per heavy atom. The first-order chi connectivity index (χ1) is 15.9. The molecule has 9 nitrogen and oxygen atoms in total. The highest BCUT2D eigenvalue weighted by Gasteiger charge is 2.32. The fourth-order valence-corrected chi connectivity index (χ4v) is 2.95. The summed E-state index contributed by atoms with van der Waals surface area (Å²) in [4.78, 5) is 25.3. The minimum absolute atomic E-state index is 0.214. The van der Waals surface area contributed by atoms with Gasteiger partial charge in [0.15, 0.2) is 5.82 Å². The smallest absolute Gasteiger partial charge is 0.350 e. The topological polar surface area (TPSA) is 101 Å². The zero-order valence-electron chi connectivity index (χ0n) is 19.2. The molecule has 1 amide bonds. The Kier molecular flexibility index (Phi) is 4.31. The number of fused-ring (bicyclic) bond motifs is 1. The monoisotopic (exact) mass is 435 g/mol. The van der Waals surface area contributed by atoms with E-state index in [1.807, 2.05) is 0 Å². The van der Waals surface area contributed by atoms with Crippen LogP contribution in [0, 0.1) is 0 Å². The van der Waals surface area contributed by atoms with Crippen molar-refractivity contribution >= 4 is 23.4 Å². The van der Waals surface area contributed by atoms with Gasteiger partial charge in [0.1, 0.15) is 17.4 Å². The van der Waals surface area contributed by atoms with Crippen molar-refractivity contribution in [1.82, 2.24) is 24.7 Å². The quantitative estimate of drug-likeness (QED) is 0.635. The molecule has 0 unspecified atom stereocenters. The molecule has 0 radical (unpaired) electrons. The van der Waals surface area contributed by atoms with Gasteiger partial charge in [-0.3, -0.25) is 14.5 Å². The molecule has 0 saturated carbocycles. The minimum atomic E-state index is -4.49. The van der Waals surface area contributed by atoms with E-state index >= 15 is 0 Å². The standard InChI is InChI=1S/C19H19F3N8O/c1-11-17(31)27-14-8-25-18(28-16(14)29(11)2)24-6-13-7-26-30(10-13)9-12-3-4-15(23-5-12)19(20,21)22/h3-5,7-8,10-11H,6,9H2,1-2H3,(H,27,31)(H,24,25,28)/t11-/m0/s1/i1D3. The summed E-state index contributed by atoms with van der Waals surface area (Å²) in [6, 6.07) is 0.893. The number of likely N-dealkylation sites (N-methyl/N-ethyl adjacent to an activating group) is 1. The SMILES string of the molecule is [2H]C([2H])([2H])[C@H]1C(=O)Nc2cnc(NCc3cnn(Cc4ccc(C(F)(F)F)nc4)c3)nc2N1C. The van der Waals surface area contributed by atoms with Gasteiger partial charge in [-0.15, -0.1) is 0 Å². The third-order valence-electron chi connectivity index (χ3n) is 4.59. The number of hydrogen-bond donors (Lipinski definition) is 2. The van der Waals surface area contributed by atoms with E-state index in [0.29, 0.717) is 11.3 Å². The average Bonchev–Trinajstić information content (AvgIpc) is 3.18. The molecule has 162 valence electrons. The fraction of sp³-hybridized carbons (Fsp3) is 0.316. The Labute approximate surface area is 179 Å². The van der Waals surface area contributed by atoms with Gasteiger partial charge in [0.25, 0.3) is 0 Å². The van der Waals surface area contributed by atoms with Crippen LogP contribution >= 0.6 is 0 Å². The molecule has 31 heavy (non-hydrogen) atoms. The number of pyridine rings is 1. The molecule has 0 aliphatic carbocycles. The maximum Gasteiger partial charge on any atom is 0.433 e. The molecule has 0 bridgehead atoms. The molecule has 1 aliphatic rings. The van der Waals surface area contributed by atoms with Gasteiger partial charge in [0.05, 0.1) is 18.9 Å². The molecule has 0 saturated heterocycles. The van der Waals surface area contributed by atoms with Crippen molar-refractivity contribution in [3.63, 3.8) is 0 Å². The number of amides is 1. The molecular weight excluding hydrogens is 413 g/mol. The van der Waals surface area contributed by atoms with Crippen molar-refractivity contribution in [2.24, 2.45) is 0 Å². The molecule has 3 aromatic heterocycles. The van der Waals surface area contributed by atoms with Crippen LogP contribution in [0.2, 0.25) is 0 Å². The molecular formula is C19H19F3N8O. The molecule has 12 heteroatoms. The number of hydrogen-bond acceptors (Lipinski definition) is 7. The number of anilines is 3. The van der Waals surface area contributed by atoms with Crippen LogP contribution in [0.5, 0.6) is 0 Å². The molecule has 4 heterocycles. The van der Waals surface area contributed by atoms with Crippen molar-refractivity contribution in [2.45, 2.75) is 32.2 Å². The Morgan fingerprint density at radius 1 is 1.23 bits per heavy atom. The molecule has 0 fully saturated rings. The van der Waals surface area contributed by atoms with Crippen LogP contribution in [0.3, 0.4) is 0 Å². The summed E-state index contributed by atoms with van der Waals surface area (Å²) in [6.07, 6.45) is 1.34. The van der Waals surface area contributed by atoms with Gasteiger partial charge in [0.2, 0.25) is 11.9 Å². The van der Waals surface area contributed by atoms with Crippen molar-refractivity contribution in [3.8, 4) is 0 Å². The summed E-state index contributed by atoms with van der Waals surface area (Å²) >= 11 is 0. The lowest BCUT2D eigenvalue weighted by Crippen LogP contribution is -2.44. The van der Waals surface area contributed by atoms with E-state index in [9.17, 15) is 18.0 Å². The number of aromatic nitrogens is 5. The molecule has 2 N–H and O–H groups in total. The number of rotatable bonds is 5. The Hall–Kier alpha value is -3.70. The number of nitrogens with zero attached hydrogens (tertiary/aromatic N) is 6. The molecule has 1 atom stereocenters. The highest BCUT2D eigenvalue weighted by Crippen LogP contribution is 2.29. The maximum absolute atomic E-state index is 12.6. The van der Waals surface area contributed by atoms with Gasteiger partial charge in [-0.25, -0.2) is 4.98 Å². The van der Waals surface area contributed by atoms with E-state index in [0.717, 1.165) is 17.8 Å². The normalized spacial score (nSPS) is 17.9. The second-order valence-corrected chi connectivity index (χ2v) is 6.88. The second-order valence-electron chi connectivity index (χ2n) is 6.88. The van der Waals surface area contributed by atoms with Gasteiger partial charge in [-0.2, -0.15) is 23.3 Å². The van der Waals surface area contributed by atoms with Crippen LogP contribution in [-0.2, 0) is 24.1 Å². The van der Waals surface area contributed by atoms with Crippen LogP contribution in [0.25, 0.3) is 0 Å². The van der Waals surface area contributed by atoms with Crippen molar-refractivity contribution in [1.29, 1.82) is 0 Å². The largest absolute Gasteiger partial charge is 0.433 e. The molecule has 4 rings (SSSR count). The van der Waals surface area contributed by atoms with Crippen LogP contribution < -0.4 is 15.5 Å². The van der Waals surface area contributed by atoms with Gasteiger partial charge in [0, 0.05) is 35.7 Å². The van der Waals surface area contributed by atoms with Gasteiger partial charge < -0.3 is 15.5 Å². The summed E-state index contributed by atoms with van der Waals surface area (Å²) in [7, 11) is 1.48. The predicted octanol–water partition coefficient (Wildman–Crippen LogP) is 2.52. The number of carbonyl (C=O) groups is 1. The summed E-state index contributed by atoms with van der Waals surface area (Å²) in [5.74, 6) is -0.176. The Balaban J connectivity index is 1.41. The first kappa shape index (κ1) is 17.0. The second kappa shape index (κ2) is 7.85. The van der Waals surface area contributed by atoms with E-state index in [2.05, 4.69) is 30.7 Å². The highest BCUT2D eigenvalue weighted by molar-refractivity contribution is 6.02. The van der Waals surface area contributed by atoms with Crippen LogP contribution in [-0.4, -0.2) is 43.7 Å². The summed E-state index contributed by atoms with van der Waals surface area (Å²) < 4.78 is 62.3. The summed E-state index contributed by atoms with van der Waals surface area (Å²) in [6.45, 7) is -2.02. The summed E-state index contributed by atoms with van der Waals surface area (Å²) in [5.41, 5.74) is 0.657. The van der Waals surface area contributed by atoms with E-state index < -0.39 is 30.7 Å². The number of nitrogens with one attached hydrogen (secondary N) is 2. The Morgan fingerprint density at radius 2 is 2.06 bits per heavy atom. The first-order valence-electron chi connectivity index (χ1n) is 10.6. The lowest BCUT2D eigenvalue weighted by Gasteiger charge is -2.31. The van der Waals surface area contributed by atoms with Crippen LogP contribution in [0.4, 0.5) is 30.6 Å². The maximum atomic E-state index is 12.6. The average molecular weight is 435 g/mol. The van der Waals surface area contributed by atoms with E-state index in [1.165, 1.54) is 24.2 Å². The molecule has 0 aromatic carbocycles.